The minimum Gasteiger partial charge on any atom is -0.494 e. The number of hydrogen-bond acceptors (Lipinski definition) is 2. The summed E-state index contributed by atoms with van der Waals surface area (Å²) in [6.07, 6.45) is 10.5. The number of carbonyl (C=O) groups is 1. The highest BCUT2D eigenvalue weighted by Crippen LogP contribution is 2.15. The van der Waals surface area contributed by atoms with Crippen molar-refractivity contribution >= 4 is 27.8 Å². The zero-order valence-electron chi connectivity index (χ0n) is 15.5. The Morgan fingerprint density at radius 2 is 1.52 bits per heavy atom. The number of alkyl halides is 1. The number of allylic oxidation sites excluding steroid dienone is 1. The van der Waals surface area contributed by atoms with Crippen LogP contribution in [-0.4, -0.2) is 17.7 Å². The summed E-state index contributed by atoms with van der Waals surface area (Å²) in [5.41, 5.74) is 1.39. The molecule has 0 radical (unpaired) electrons. The number of unbranched alkanes of at least 4 members (excludes halogenated alkanes) is 5. The van der Waals surface area contributed by atoms with E-state index in [2.05, 4.69) is 15.9 Å². The molecule has 0 fully saturated rings. The van der Waals surface area contributed by atoms with Crippen LogP contribution < -0.4 is 4.74 Å². The first kappa shape index (κ1) is 21.4. The molecule has 0 heterocycles. The Labute approximate surface area is 169 Å². The Bertz CT molecular complexity index is 708. The smallest absolute Gasteiger partial charge is 0.185 e. The minimum atomic E-state index is -0.288. The molecular formula is C23H26BrFO2. The molecule has 0 N–H and O–H groups in total. The third kappa shape index (κ3) is 8.53. The average Bonchev–Trinajstić information content (AvgIpc) is 2.70. The maximum atomic E-state index is 12.9. The van der Waals surface area contributed by atoms with Crippen molar-refractivity contribution in [1.29, 1.82) is 0 Å². The van der Waals surface area contributed by atoms with Crippen LogP contribution in [0.5, 0.6) is 5.75 Å². The molecule has 0 spiro atoms. The summed E-state index contributed by atoms with van der Waals surface area (Å²) < 4.78 is 18.6. The Balaban J connectivity index is 1.71. The lowest BCUT2D eigenvalue weighted by Crippen LogP contribution is -1.99. The summed E-state index contributed by atoms with van der Waals surface area (Å²) in [5.74, 6) is 0.409. The van der Waals surface area contributed by atoms with Crippen molar-refractivity contribution in [3.8, 4) is 5.75 Å². The van der Waals surface area contributed by atoms with Gasteiger partial charge < -0.3 is 4.74 Å². The number of carbonyl (C=O) groups excluding carboxylic acids is 1. The van der Waals surface area contributed by atoms with E-state index >= 15 is 0 Å². The van der Waals surface area contributed by atoms with Crippen molar-refractivity contribution in [3.63, 3.8) is 0 Å². The maximum Gasteiger partial charge on any atom is 0.185 e. The van der Waals surface area contributed by atoms with Crippen molar-refractivity contribution < 1.29 is 13.9 Å². The van der Waals surface area contributed by atoms with Gasteiger partial charge >= 0.3 is 0 Å². The zero-order valence-corrected chi connectivity index (χ0v) is 17.1. The summed E-state index contributed by atoms with van der Waals surface area (Å²) in [7, 11) is 0. The molecule has 2 nitrogen and oxygen atoms in total. The van der Waals surface area contributed by atoms with E-state index in [1.165, 1.54) is 50.3 Å². The van der Waals surface area contributed by atoms with Gasteiger partial charge in [-0.15, -0.1) is 0 Å². The molecule has 27 heavy (non-hydrogen) atoms. The van der Waals surface area contributed by atoms with Crippen LogP contribution in [0.2, 0.25) is 0 Å². The van der Waals surface area contributed by atoms with Crippen molar-refractivity contribution in [3.05, 3.63) is 71.6 Å². The molecule has 0 aliphatic carbocycles. The molecule has 0 atom stereocenters. The van der Waals surface area contributed by atoms with Gasteiger partial charge in [0.25, 0.3) is 0 Å². The van der Waals surface area contributed by atoms with E-state index in [-0.39, 0.29) is 11.6 Å². The zero-order chi connectivity index (χ0) is 19.3. The molecule has 0 saturated carbocycles. The largest absolute Gasteiger partial charge is 0.494 e. The predicted octanol–water partition coefficient (Wildman–Crippen LogP) is 6.84. The first-order valence-corrected chi connectivity index (χ1v) is 10.6. The van der Waals surface area contributed by atoms with Crippen LogP contribution in [0.4, 0.5) is 4.39 Å². The molecule has 0 aliphatic heterocycles. The van der Waals surface area contributed by atoms with Crippen molar-refractivity contribution in [2.75, 3.05) is 11.9 Å². The van der Waals surface area contributed by atoms with Crippen LogP contribution in [0.25, 0.3) is 6.08 Å². The van der Waals surface area contributed by atoms with Gasteiger partial charge in [0.15, 0.2) is 5.78 Å². The highest BCUT2D eigenvalue weighted by molar-refractivity contribution is 9.09. The monoisotopic (exact) mass is 432 g/mol. The quantitative estimate of drug-likeness (QED) is 0.159. The second kappa shape index (κ2) is 12.4. The summed E-state index contributed by atoms with van der Waals surface area (Å²) in [6, 6.07) is 13.2. The highest BCUT2D eigenvalue weighted by atomic mass is 79.9. The molecule has 2 aromatic rings. The fourth-order valence-corrected chi connectivity index (χ4v) is 3.05. The molecule has 144 valence electrons. The van der Waals surface area contributed by atoms with Crippen LogP contribution in [0.3, 0.4) is 0 Å². The van der Waals surface area contributed by atoms with Crippen molar-refractivity contribution in [1.82, 2.24) is 0 Å². The molecule has 0 bridgehead atoms. The number of hydrogen-bond donors (Lipinski definition) is 0. The van der Waals surface area contributed by atoms with Gasteiger partial charge in [0.1, 0.15) is 11.6 Å². The summed E-state index contributed by atoms with van der Waals surface area (Å²) in [6.45, 7) is 0.705. The van der Waals surface area contributed by atoms with Crippen LogP contribution in [0.15, 0.2) is 54.6 Å². The van der Waals surface area contributed by atoms with Gasteiger partial charge in [0, 0.05) is 10.9 Å². The van der Waals surface area contributed by atoms with Gasteiger partial charge in [0.2, 0.25) is 0 Å². The number of ketones is 1. The van der Waals surface area contributed by atoms with E-state index in [0.29, 0.717) is 12.2 Å². The third-order valence-corrected chi connectivity index (χ3v) is 4.79. The lowest BCUT2D eigenvalue weighted by molar-refractivity contribution is 0.104. The van der Waals surface area contributed by atoms with Gasteiger partial charge in [-0.05, 0) is 60.9 Å². The molecule has 2 rings (SSSR count). The fourth-order valence-electron chi connectivity index (χ4n) is 2.65. The SMILES string of the molecule is O=C(C=Cc1ccc(F)cc1)c1ccc(OCCCCCCCCBr)cc1. The summed E-state index contributed by atoms with van der Waals surface area (Å²) >= 11 is 3.45. The predicted molar refractivity (Wildman–Crippen MR) is 113 cm³/mol. The van der Waals surface area contributed by atoms with Gasteiger partial charge in [-0.1, -0.05) is 59.8 Å². The molecule has 0 unspecified atom stereocenters. The van der Waals surface area contributed by atoms with E-state index < -0.39 is 0 Å². The van der Waals surface area contributed by atoms with Crippen molar-refractivity contribution in [2.45, 2.75) is 38.5 Å². The van der Waals surface area contributed by atoms with Gasteiger partial charge in [-0.2, -0.15) is 0 Å². The lowest BCUT2D eigenvalue weighted by atomic mass is 10.1. The van der Waals surface area contributed by atoms with E-state index in [4.69, 9.17) is 4.74 Å². The number of ether oxygens (including phenoxy) is 1. The Kier molecular flexibility index (Phi) is 9.85. The maximum absolute atomic E-state index is 12.9. The van der Waals surface area contributed by atoms with Gasteiger partial charge in [-0.3, -0.25) is 4.79 Å². The molecule has 0 aromatic heterocycles. The third-order valence-electron chi connectivity index (χ3n) is 4.23. The fraction of sp³-hybridized carbons (Fsp3) is 0.348. The van der Waals surface area contributed by atoms with Gasteiger partial charge in [-0.25, -0.2) is 4.39 Å². The molecular weight excluding hydrogens is 407 g/mol. The first-order valence-electron chi connectivity index (χ1n) is 9.46. The summed E-state index contributed by atoms with van der Waals surface area (Å²) in [5, 5.41) is 1.09. The first-order chi connectivity index (χ1) is 13.2. The molecule has 2 aromatic carbocycles. The normalized spacial score (nSPS) is 11.0. The van der Waals surface area contributed by atoms with Crippen LogP contribution >= 0.6 is 15.9 Å². The topological polar surface area (TPSA) is 26.3 Å². The molecule has 4 heteroatoms. The average molecular weight is 433 g/mol. The second-order valence-electron chi connectivity index (χ2n) is 6.43. The number of halogens is 2. The number of rotatable bonds is 12. The van der Waals surface area contributed by atoms with E-state index in [1.54, 1.807) is 30.3 Å². The lowest BCUT2D eigenvalue weighted by Gasteiger charge is -2.06. The van der Waals surface area contributed by atoms with Crippen molar-refractivity contribution in [2.24, 2.45) is 0 Å². The van der Waals surface area contributed by atoms with Crippen LogP contribution in [-0.2, 0) is 0 Å². The van der Waals surface area contributed by atoms with Crippen LogP contribution in [0.1, 0.15) is 54.4 Å². The van der Waals surface area contributed by atoms with Gasteiger partial charge in [0.05, 0.1) is 6.61 Å². The Hall–Kier alpha value is -1.94. The Morgan fingerprint density at radius 3 is 2.19 bits per heavy atom. The Morgan fingerprint density at radius 1 is 0.889 bits per heavy atom. The molecule has 0 aliphatic rings. The minimum absolute atomic E-state index is 0.0886. The molecule has 0 saturated heterocycles. The highest BCUT2D eigenvalue weighted by Gasteiger charge is 2.02. The van der Waals surface area contributed by atoms with E-state index in [9.17, 15) is 9.18 Å². The standard InChI is InChI=1S/C23H26BrFO2/c24-17-5-3-1-2-4-6-18-27-22-14-10-20(11-15-22)23(26)16-9-19-7-12-21(25)13-8-19/h7-16H,1-6,17-18H2. The van der Waals surface area contributed by atoms with Crippen LogP contribution in [0, 0.1) is 5.82 Å². The molecule has 0 amide bonds. The summed E-state index contributed by atoms with van der Waals surface area (Å²) in [4.78, 5) is 12.2. The van der Waals surface area contributed by atoms with E-state index in [0.717, 1.165) is 23.1 Å². The van der Waals surface area contributed by atoms with E-state index in [1.807, 2.05) is 12.1 Å². The second-order valence-corrected chi connectivity index (χ2v) is 7.23. The number of benzene rings is 2.